The number of rotatable bonds is 30. The molecule has 9 nitrogen and oxygen atoms in total. The number of carboxylic acid groups (broad SMARTS) is 1. The highest BCUT2D eigenvalue weighted by atomic mass is 19.2. The van der Waals surface area contributed by atoms with E-state index in [4.69, 9.17) is 33.5 Å². The van der Waals surface area contributed by atoms with Crippen LogP contribution in [-0.4, -0.2) is 103 Å². The molecule has 0 aliphatic heterocycles. The van der Waals surface area contributed by atoms with Crippen molar-refractivity contribution in [2.24, 2.45) is 5.92 Å². The molecule has 0 radical (unpaired) electrons. The molecule has 1 rings (SSSR count). The third-order valence-corrected chi connectivity index (χ3v) is 6.36. The van der Waals surface area contributed by atoms with Crippen LogP contribution in [0.2, 0.25) is 0 Å². The van der Waals surface area contributed by atoms with Gasteiger partial charge >= 0.3 is 5.97 Å². The highest BCUT2D eigenvalue weighted by Gasteiger charge is 2.58. The van der Waals surface area contributed by atoms with Gasteiger partial charge in [0.25, 0.3) is 5.85 Å². The Kier molecular flexibility index (Phi) is 23.0. The van der Waals surface area contributed by atoms with Crippen LogP contribution in [0.4, 0.5) is 22.0 Å². The molecule has 2 atom stereocenters. The number of hydrogen-bond donors (Lipinski definition) is 1. The van der Waals surface area contributed by atoms with Crippen molar-refractivity contribution in [3.8, 4) is 0 Å². The summed E-state index contributed by atoms with van der Waals surface area (Å²) < 4.78 is 106. The average molecular weight is 647 g/mol. The van der Waals surface area contributed by atoms with Crippen LogP contribution < -0.4 is 0 Å². The summed E-state index contributed by atoms with van der Waals surface area (Å²) in [6.45, 7) is 6.74. The van der Waals surface area contributed by atoms with Crippen molar-refractivity contribution in [1.82, 2.24) is 0 Å². The minimum Gasteiger partial charge on any atom is -0.481 e. The van der Waals surface area contributed by atoms with Gasteiger partial charge in [0, 0.05) is 6.61 Å². The number of ether oxygens (including phenoxy) is 7. The smallest absolute Gasteiger partial charge is 0.319 e. The van der Waals surface area contributed by atoms with Gasteiger partial charge in [-0.15, -0.1) is 6.58 Å². The Bertz CT molecular complexity index is 859. The number of unbranched alkanes of at least 4 members (excludes halogenated alkanes) is 7. The third-order valence-electron chi connectivity index (χ3n) is 6.36. The van der Waals surface area contributed by atoms with Crippen molar-refractivity contribution in [3.05, 3.63) is 36.0 Å². The molecule has 0 heterocycles. The molecule has 1 aliphatic rings. The summed E-state index contributed by atoms with van der Waals surface area (Å²) in [6, 6.07) is 0. The van der Waals surface area contributed by atoms with Gasteiger partial charge in [-0.05, 0) is 19.3 Å². The second kappa shape index (κ2) is 25.3. The number of alkyl halides is 1. The minimum absolute atomic E-state index is 0.00564. The molecular weight excluding hydrogens is 599 g/mol. The molecule has 0 saturated heterocycles. The lowest BCUT2D eigenvalue weighted by molar-refractivity contribution is -0.190. The quantitative estimate of drug-likeness (QED) is 0.0565. The van der Waals surface area contributed by atoms with Gasteiger partial charge in [-0.25, -0.2) is 22.0 Å². The monoisotopic (exact) mass is 646 g/mol. The Hall–Kier alpha value is -1.94. The van der Waals surface area contributed by atoms with E-state index >= 15 is 0 Å². The number of hydrogen-bond acceptors (Lipinski definition) is 8. The van der Waals surface area contributed by atoms with Crippen LogP contribution >= 0.6 is 0 Å². The van der Waals surface area contributed by atoms with E-state index < -0.39 is 47.7 Å². The van der Waals surface area contributed by atoms with Crippen molar-refractivity contribution in [1.29, 1.82) is 0 Å². The summed E-state index contributed by atoms with van der Waals surface area (Å²) in [5.41, 5.74) is 0. The molecule has 256 valence electrons. The van der Waals surface area contributed by atoms with E-state index in [9.17, 15) is 26.7 Å². The lowest BCUT2D eigenvalue weighted by Crippen LogP contribution is -2.45. The maximum atomic E-state index is 14.7. The van der Waals surface area contributed by atoms with Gasteiger partial charge in [-0.2, -0.15) is 0 Å². The second-order valence-electron chi connectivity index (χ2n) is 9.78. The van der Waals surface area contributed by atoms with Gasteiger partial charge < -0.3 is 38.3 Å². The van der Waals surface area contributed by atoms with Crippen molar-refractivity contribution < 1.29 is 65.0 Å². The second-order valence-corrected chi connectivity index (χ2v) is 9.78. The fourth-order valence-corrected chi connectivity index (χ4v) is 4.01. The van der Waals surface area contributed by atoms with Gasteiger partial charge in [0.1, 0.15) is 0 Å². The first-order valence-electron chi connectivity index (χ1n) is 15.0. The molecule has 0 bridgehead atoms. The van der Waals surface area contributed by atoms with E-state index in [1.165, 1.54) is 38.5 Å². The largest absolute Gasteiger partial charge is 0.481 e. The number of carbonyl (C=O) groups is 1. The topological polar surface area (TPSA) is 102 Å². The highest BCUT2D eigenvalue weighted by Crippen LogP contribution is 2.47. The molecule has 0 fully saturated rings. The third kappa shape index (κ3) is 16.4. The molecule has 0 aromatic carbocycles. The average Bonchev–Trinajstić information content (AvgIpc) is 3.00. The molecule has 44 heavy (non-hydrogen) atoms. The predicted octanol–water partition coefficient (Wildman–Crippen LogP) is 6.09. The summed E-state index contributed by atoms with van der Waals surface area (Å²) in [7, 11) is 0. The van der Waals surface area contributed by atoms with Gasteiger partial charge in [-0.1, -0.05) is 38.2 Å². The Morgan fingerprint density at radius 3 is 1.45 bits per heavy atom. The van der Waals surface area contributed by atoms with E-state index in [0.717, 1.165) is 19.4 Å². The summed E-state index contributed by atoms with van der Waals surface area (Å²) in [5.74, 6) is -19.1. The summed E-state index contributed by atoms with van der Waals surface area (Å²) >= 11 is 0. The maximum absolute atomic E-state index is 14.7. The van der Waals surface area contributed by atoms with Crippen LogP contribution in [0.5, 0.6) is 0 Å². The molecule has 0 aromatic heterocycles. The first-order valence-corrected chi connectivity index (χ1v) is 15.0. The van der Waals surface area contributed by atoms with E-state index in [-0.39, 0.29) is 26.4 Å². The molecule has 0 amide bonds. The van der Waals surface area contributed by atoms with Crippen LogP contribution in [-0.2, 0) is 38.0 Å². The molecule has 2 unspecified atom stereocenters. The predicted molar refractivity (Wildman–Crippen MR) is 151 cm³/mol. The SMILES string of the molecule is C=CCCCCCCCCCOCCOCCOCCOCCOCCOCCOC1(F)C(F)=C(F)C(F)=C(F)C1C(=O)O. The molecule has 14 heteroatoms. The van der Waals surface area contributed by atoms with Gasteiger partial charge in [-0.3, -0.25) is 4.79 Å². The van der Waals surface area contributed by atoms with Crippen LogP contribution in [0.3, 0.4) is 0 Å². The maximum Gasteiger partial charge on any atom is 0.319 e. The van der Waals surface area contributed by atoms with Crippen LogP contribution in [0.1, 0.15) is 51.4 Å². The van der Waals surface area contributed by atoms with Crippen LogP contribution in [0.25, 0.3) is 0 Å². The van der Waals surface area contributed by atoms with E-state index in [0.29, 0.717) is 46.2 Å². The fraction of sp³-hybridized carbons (Fsp3) is 0.767. The Labute approximate surface area is 256 Å². The fourth-order valence-electron chi connectivity index (χ4n) is 4.01. The van der Waals surface area contributed by atoms with Gasteiger partial charge in [0.15, 0.2) is 23.4 Å². The first kappa shape index (κ1) is 40.1. The number of allylic oxidation sites excluding steroid dienone is 3. The van der Waals surface area contributed by atoms with Gasteiger partial charge in [0.05, 0.1) is 79.3 Å². The zero-order valence-electron chi connectivity index (χ0n) is 25.3. The number of halogens is 5. The molecule has 0 saturated carbocycles. The number of aliphatic carboxylic acids is 1. The van der Waals surface area contributed by atoms with E-state index in [2.05, 4.69) is 11.3 Å². The Balaban J connectivity index is 1.86. The molecule has 1 N–H and O–H groups in total. The molecule has 1 aliphatic carbocycles. The first-order chi connectivity index (χ1) is 21.3. The van der Waals surface area contributed by atoms with Crippen LogP contribution in [0.15, 0.2) is 36.0 Å². The normalized spacial score (nSPS) is 18.8. The molecule has 0 aromatic rings. The lowest BCUT2D eigenvalue weighted by atomic mass is 9.91. The van der Waals surface area contributed by atoms with Crippen molar-refractivity contribution >= 4 is 5.97 Å². The Morgan fingerprint density at radius 1 is 0.636 bits per heavy atom. The summed E-state index contributed by atoms with van der Waals surface area (Å²) in [5, 5.41) is 8.92. The minimum atomic E-state index is -4.05. The summed E-state index contributed by atoms with van der Waals surface area (Å²) in [4.78, 5) is 11.1. The molecular formula is C30H47F5O9. The van der Waals surface area contributed by atoms with E-state index in [1.807, 2.05) is 6.08 Å². The highest BCUT2D eigenvalue weighted by molar-refractivity contribution is 5.76. The zero-order chi connectivity index (χ0) is 32.5. The zero-order valence-corrected chi connectivity index (χ0v) is 25.3. The number of carboxylic acids is 1. The standard InChI is InChI=1S/C30H47F5O9/c1-2-3-4-5-6-7-8-9-10-11-38-12-13-39-14-15-40-16-17-41-18-19-42-20-21-43-22-23-44-30(35)24(29(36)37)25(31)26(32)27(33)28(30)34/h2,24H,1,3-23H2,(H,36,37). The van der Waals surface area contributed by atoms with Crippen molar-refractivity contribution in [2.75, 3.05) is 85.9 Å². The van der Waals surface area contributed by atoms with Crippen molar-refractivity contribution in [2.45, 2.75) is 57.2 Å². The van der Waals surface area contributed by atoms with Gasteiger partial charge in [0.2, 0.25) is 5.83 Å². The lowest BCUT2D eigenvalue weighted by Gasteiger charge is -2.31. The molecule has 0 spiro atoms. The summed E-state index contributed by atoms with van der Waals surface area (Å²) in [6.07, 6.45) is 11.7. The van der Waals surface area contributed by atoms with Crippen molar-refractivity contribution in [3.63, 3.8) is 0 Å². The van der Waals surface area contributed by atoms with Crippen LogP contribution in [0, 0.1) is 5.92 Å². The Morgan fingerprint density at radius 2 is 1.02 bits per heavy atom. The van der Waals surface area contributed by atoms with E-state index in [1.54, 1.807) is 0 Å².